The van der Waals surface area contributed by atoms with E-state index < -0.39 is 5.60 Å². The van der Waals surface area contributed by atoms with Crippen molar-refractivity contribution in [3.05, 3.63) is 0 Å². The third kappa shape index (κ3) is 3.50. The average Bonchev–Trinajstić information content (AvgIpc) is 2.14. The van der Waals surface area contributed by atoms with E-state index in [1.807, 2.05) is 18.1 Å². The molecule has 82 valence electrons. The number of thioether (sulfide) groups is 1. The van der Waals surface area contributed by atoms with Gasteiger partial charge < -0.3 is 10.0 Å². The molecule has 0 aromatic rings. The molecule has 1 N–H and O–H groups in total. The van der Waals surface area contributed by atoms with Gasteiger partial charge in [0.2, 0.25) is 5.91 Å². The number of carbonyl (C=O) groups is 1. The van der Waals surface area contributed by atoms with Gasteiger partial charge in [0, 0.05) is 25.3 Å². The first kappa shape index (κ1) is 11.9. The van der Waals surface area contributed by atoms with Crippen molar-refractivity contribution in [1.82, 2.24) is 4.90 Å². The van der Waals surface area contributed by atoms with Gasteiger partial charge in [-0.2, -0.15) is 11.8 Å². The van der Waals surface area contributed by atoms with Crippen LogP contribution < -0.4 is 0 Å². The molecule has 14 heavy (non-hydrogen) atoms. The summed E-state index contributed by atoms with van der Waals surface area (Å²) < 4.78 is 0. The van der Waals surface area contributed by atoms with E-state index in [-0.39, 0.29) is 5.91 Å². The number of hydrogen-bond acceptors (Lipinski definition) is 3. The first-order chi connectivity index (χ1) is 6.55. The van der Waals surface area contributed by atoms with Gasteiger partial charge in [-0.15, -0.1) is 0 Å². The summed E-state index contributed by atoms with van der Waals surface area (Å²) in [4.78, 5) is 13.5. The van der Waals surface area contributed by atoms with Gasteiger partial charge in [0.15, 0.2) is 0 Å². The van der Waals surface area contributed by atoms with Crippen LogP contribution >= 0.6 is 11.8 Å². The highest BCUT2D eigenvalue weighted by atomic mass is 32.2. The zero-order chi connectivity index (χ0) is 10.6. The number of likely N-dealkylation sites (tertiary alicyclic amines) is 1. The number of carbonyl (C=O) groups excluding carboxylic acids is 1. The Morgan fingerprint density at radius 2 is 2.07 bits per heavy atom. The van der Waals surface area contributed by atoms with E-state index in [0.29, 0.717) is 32.4 Å². The Hall–Kier alpha value is -0.220. The number of hydrogen-bond donors (Lipinski definition) is 1. The number of amides is 1. The highest BCUT2D eigenvalue weighted by molar-refractivity contribution is 7.98. The smallest absolute Gasteiger partial charge is 0.223 e. The Labute approximate surface area is 89.9 Å². The Morgan fingerprint density at radius 1 is 1.50 bits per heavy atom. The predicted octanol–water partition coefficient (Wildman–Crippen LogP) is 1.11. The lowest BCUT2D eigenvalue weighted by Crippen LogP contribution is -2.45. The lowest BCUT2D eigenvalue weighted by atomic mass is 9.94. The molecule has 0 radical (unpaired) electrons. The summed E-state index contributed by atoms with van der Waals surface area (Å²) in [5, 5.41) is 9.71. The van der Waals surface area contributed by atoms with Crippen LogP contribution in [0.25, 0.3) is 0 Å². The second-order valence-electron chi connectivity index (χ2n) is 4.12. The lowest BCUT2D eigenvalue weighted by Gasteiger charge is -2.35. The van der Waals surface area contributed by atoms with Crippen molar-refractivity contribution < 1.29 is 9.90 Å². The van der Waals surface area contributed by atoms with Crippen molar-refractivity contribution in [3.63, 3.8) is 0 Å². The van der Waals surface area contributed by atoms with E-state index >= 15 is 0 Å². The maximum Gasteiger partial charge on any atom is 0.223 e. The Bertz CT molecular complexity index is 196. The minimum Gasteiger partial charge on any atom is -0.390 e. The predicted molar refractivity (Wildman–Crippen MR) is 59.4 cm³/mol. The molecule has 0 spiro atoms. The maximum atomic E-state index is 11.6. The number of piperidine rings is 1. The molecule has 0 aromatic carbocycles. The summed E-state index contributed by atoms with van der Waals surface area (Å²) in [7, 11) is 0. The standard InChI is InChI=1S/C10H19NO2S/c1-10(13)4-6-11(7-5-10)9(12)3-8-14-2/h13H,3-8H2,1-2H3. The van der Waals surface area contributed by atoms with E-state index in [9.17, 15) is 9.90 Å². The molecule has 1 rings (SSSR count). The van der Waals surface area contributed by atoms with E-state index in [4.69, 9.17) is 0 Å². The molecular weight excluding hydrogens is 198 g/mol. The Balaban J connectivity index is 2.30. The first-order valence-electron chi connectivity index (χ1n) is 5.04. The number of rotatable bonds is 3. The van der Waals surface area contributed by atoms with Crippen LogP contribution in [0.3, 0.4) is 0 Å². The average molecular weight is 217 g/mol. The van der Waals surface area contributed by atoms with Crippen LogP contribution in [0.4, 0.5) is 0 Å². The molecule has 1 heterocycles. The van der Waals surface area contributed by atoms with Gasteiger partial charge >= 0.3 is 0 Å². The van der Waals surface area contributed by atoms with Gasteiger partial charge in [-0.05, 0) is 26.0 Å². The van der Waals surface area contributed by atoms with Crippen molar-refractivity contribution in [2.45, 2.75) is 31.8 Å². The second-order valence-corrected chi connectivity index (χ2v) is 5.11. The molecule has 0 saturated carbocycles. The van der Waals surface area contributed by atoms with Crippen molar-refractivity contribution in [2.75, 3.05) is 25.1 Å². The summed E-state index contributed by atoms with van der Waals surface area (Å²) in [6.45, 7) is 3.26. The first-order valence-corrected chi connectivity index (χ1v) is 6.44. The minimum atomic E-state index is -0.559. The molecule has 0 aliphatic carbocycles. The molecule has 3 nitrogen and oxygen atoms in total. The fourth-order valence-corrected chi connectivity index (χ4v) is 1.96. The number of nitrogens with zero attached hydrogens (tertiary/aromatic N) is 1. The van der Waals surface area contributed by atoms with Crippen LogP contribution in [0.2, 0.25) is 0 Å². The molecule has 0 bridgehead atoms. The van der Waals surface area contributed by atoms with Crippen molar-refractivity contribution in [1.29, 1.82) is 0 Å². The van der Waals surface area contributed by atoms with Gasteiger partial charge in [0.1, 0.15) is 0 Å². The molecule has 1 aliphatic rings. The Morgan fingerprint density at radius 3 is 2.57 bits per heavy atom. The third-order valence-electron chi connectivity index (χ3n) is 2.71. The highest BCUT2D eigenvalue weighted by Crippen LogP contribution is 2.21. The summed E-state index contributed by atoms with van der Waals surface area (Å²) in [5.41, 5.74) is -0.559. The topological polar surface area (TPSA) is 40.5 Å². The fraction of sp³-hybridized carbons (Fsp3) is 0.900. The lowest BCUT2D eigenvalue weighted by molar-refractivity contribution is -0.134. The van der Waals surface area contributed by atoms with E-state index in [1.165, 1.54) is 0 Å². The molecular formula is C10H19NO2S. The van der Waals surface area contributed by atoms with E-state index in [2.05, 4.69) is 0 Å². The molecule has 4 heteroatoms. The third-order valence-corrected chi connectivity index (χ3v) is 3.33. The van der Waals surface area contributed by atoms with Crippen LogP contribution in [0.1, 0.15) is 26.2 Å². The minimum absolute atomic E-state index is 0.231. The monoisotopic (exact) mass is 217 g/mol. The molecule has 1 saturated heterocycles. The van der Waals surface area contributed by atoms with Crippen molar-refractivity contribution in [3.8, 4) is 0 Å². The summed E-state index contributed by atoms with van der Waals surface area (Å²) in [5.74, 6) is 1.13. The van der Waals surface area contributed by atoms with Gasteiger partial charge in [0.25, 0.3) is 0 Å². The van der Waals surface area contributed by atoms with E-state index in [1.54, 1.807) is 11.8 Å². The zero-order valence-corrected chi connectivity index (χ0v) is 9.77. The van der Waals surface area contributed by atoms with Crippen LogP contribution in [-0.2, 0) is 4.79 Å². The van der Waals surface area contributed by atoms with Crippen LogP contribution in [-0.4, -0.2) is 46.6 Å². The largest absolute Gasteiger partial charge is 0.390 e. The maximum absolute atomic E-state index is 11.6. The molecule has 1 amide bonds. The summed E-state index contributed by atoms with van der Waals surface area (Å²) in [6.07, 6.45) is 4.05. The summed E-state index contributed by atoms with van der Waals surface area (Å²) >= 11 is 1.70. The molecule has 0 aromatic heterocycles. The zero-order valence-electron chi connectivity index (χ0n) is 8.95. The van der Waals surface area contributed by atoms with Crippen LogP contribution in [0, 0.1) is 0 Å². The Kier molecular flexibility index (Phi) is 4.26. The molecule has 0 unspecified atom stereocenters. The normalized spacial score (nSPS) is 20.9. The quantitative estimate of drug-likeness (QED) is 0.770. The molecule has 1 fully saturated rings. The number of aliphatic hydroxyl groups is 1. The fourth-order valence-electron chi connectivity index (χ4n) is 1.59. The summed E-state index contributed by atoms with van der Waals surface area (Å²) in [6, 6.07) is 0. The van der Waals surface area contributed by atoms with Gasteiger partial charge in [-0.1, -0.05) is 0 Å². The van der Waals surface area contributed by atoms with Crippen molar-refractivity contribution in [2.24, 2.45) is 0 Å². The molecule has 1 aliphatic heterocycles. The second kappa shape index (κ2) is 5.03. The van der Waals surface area contributed by atoms with Gasteiger partial charge in [-0.25, -0.2) is 0 Å². The van der Waals surface area contributed by atoms with Crippen molar-refractivity contribution >= 4 is 17.7 Å². The highest BCUT2D eigenvalue weighted by Gasteiger charge is 2.28. The van der Waals surface area contributed by atoms with Gasteiger partial charge in [-0.3, -0.25) is 4.79 Å². The SMILES string of the molecule is CSCCC(=O)N1CCC(C)(O)CC1. The van der Waals surface area contributed by atoms with E-state index in [0.717, 1.165) is 5.75 Å². The molecule has 0 atom stereocenters. The van der Waals surface area contributed by atoms with Crippen LogP contribution in [0.15, 0.2) is 0 Å². The van der Waals surface area contributed by atoms with Crippen LogP contribution in [0.5, 0.6) is 0 Å². The van der Waals surface area contributed by atoms with Gasteiger partial charge in [0.05, 0.1) is 5.60 Å².